The summed E-state index contributed by atoms with van der Waals surface area (Å²) in [7, 11) is 1.74. The van der Waals surface area contributed by atoms with Gasteiger partial charge in [-0.25, -0.2) is 0 Å². The van der Waals surface area contributed by atoms with Gasteiger partial charge >= 0.3 is 0 Å². The standard InChI is InChI=1S/C11H20O2/c1-13-11(7-2-8-11)10(12)6-5-9-3-4-9/h9-10,12H,2-8H2,1H3. The zero-order valence-corrected chi connectivity index (χ0v) is 8.46. The van der Waals surface area contributed by atoms with E-state index in [1.165, 1.54) is 25.7 Å². The molecule has 0 radical (unpaired) electrons. The van der Waals surface area contributed by atoms with Crippen LogP contribution in [-0.2, 0) is 4.74 Å². The topological polar surface area (TPSA) is 29.5 Å². The van der Waals surface area contributed by atoms with Crippen molar-refractivity contribution >= 4 is 0 Å². The Morgan fingerprint density at radius 1 is 1.46 bits per heavy atom. The SMILES string of the molecule is COC1(C(O)CCC2CC2)CCC1. The van der Waals surface area contributed by atoms with E-state index in [0.29, 0.717) is 0 Å². The van der Waals surface area contributed by atoms with Crippen LogP contribution in [0.15, 0.2) is 0 Å². The third-order valence-corrected chi connectivity index (χ3v) is 3.76. The summed E-state index contributed by atoms with van der Waals surface area (Å²) in [6, 6.07) is 0. The van der Waals surface area contributed by atoms with Crippen molar-refractivity contribution in [1.29, 1.82) is 0 Å². The van der Waals surface area contributed by atoms with Gasteiger partial charge in [0.05, 0.1) is 11.7 Å². The van der Waals surface area contributed by atoms with E-state index < -0.39 is 0 Å². The number of rotatable bonds is 5. The third-order valence-electron chi connectivity index (χ3n) is 3.76. The van der Waals surface area contributed by atoms with E-state index >= 15 is 0 Å². The van der Waals surface area contributed by atoms with Crippen LogP contribution >= 0.6 is 0 Å². The molecule has 0 aromatic heterocycles. The molecule has 0 aromatic carbocycles. The fraction of sp³-hybridized carbons (Fsp3) is 1.00. The minimum Gasteiger partial charge on any atom is -0.390 e. The molecule has 2 saturated carbocycles. The zero-order chi connectivity index (χ0) is 9.31. The minimum absolute atomic E-state index is 0.158. The Labute approximate surface area is 80.3 Å². The summed E-state index contributed by atoms with van der Waals surface area (Å²) in [6.45, 7) is 0. The molecular formula is C11H20O2. The average Bonchev–Trinajstić information content (AvgIpc) is 2.82. The number of aliphatic hydroxyl groups is 1. The highest BCUT2D eigenvalue weighted by molar-refractivity contribution is 4.96. The quantitative estimate of drug-likeness (QED) is 0.709. The number of hydrogen-bond donors (Lipinski definition) is 1. The Kier molecular flexibility index (Phi) is 2.61. The fourth-order valence-electron chi connectivity index (χ4n) is 2.26. The van der Waals surface area contributed by atoms with E-state index in [0.717, 1.165) is 25.2 Å². The summed E-state index contributed by atoms with van der Waals surface area (Å²) in [6.07, 6.45) is 8.01. The van der Waals surface area contributed by atoms with Gasteiger partial charge in [-0.1, -0.05) is 12.8 Å². The summed E-state index contributed by atoms with van der Waals surface area (Å²) in [5.74, 6) is 0.920. The molecule has 2 nitrogen and oxygen atoms in total. The van der Waals surface area contributed by atoms with E-state index in [1.54, 1.807) is 7.11 Å². The van der Waals surface area contributed by atoms with Crippen molar-refractivity contribution in [3.8, 4) is 0 Å². The lowest BCUT2D eigenvalue weighted by atomic mass is 9.74. The second-order valence-corrected chi connectivity index (χ2v) is 4.66. The summed E-state index contributed by atoms with van der Waals surface area (Å²) >= 11 is 0. The molecule has 1 atom stereocenters. The monoisotopic (exact) mass is 184 g/mol. The Bertz CT molecular complexity index is 165. The van der Waals surface area contributed by atoms with Crippen LogP contribution in [0.1, 0.15) is 44.9 Å². The lowest BCUT2D eigenvalue weighted by Gasteiger charge is -2.44. The van der Waals surface area contributed by atoms with Crippen LogP contribution in [0.3, 0.4) is 0 Å². The van der Waals surface area contributed by atoms with E-state index in [9.17, 15) is 5.11 Å². The van der Waals surface area contributed by atoms with Crippen LogP contribution in [0.25, 0.3) is 0 Å². The van der Waals surface area contributed by atoms with Crippen molar-refractivity contribution in [3.05, 3.63) is 0 Å². The van der Waals surface area contributed by atoms with Crippen LogP contribution in [0.2, 0.25) is 0 Å². The molecule has 13 heavy (non-hydrogen) atoms. The number of ether oxygens (including phenoxy) is 1. The molecule has 0 heterocycles. The first kappa shape index (κ1) is 9.47. The Morgan fingerprint density at radius 3 is 2.54 bits per heavy atom. The molecule has 2 aliphatic rings. The molecule has 0 saturated heterocycles. The van der Waals surface area contributed by atoms with Gasteiger partial charge in [0.1, 0.15) is 0 Å². The average molecular weight is 184 g/mol. The Morgan fingerprint density at radius 2 is 2.15 bits per heavy atom. The smallest absolute Gasteiger partial charge is 0.0936 e. The van der Waals surface area contributed by atoms with E-state index in [2.05, 4.69) is 0 Å². The molecule has 2 heteroatoms. The maximum atomic E-state index is 9.97. The lowest BCUT2D eigenvalue weighted by molar-refractivity contribution is -0.151. The van der Waals surface area contributed by atoms with Crippen LogP contribution in [0.4, 0.5) is 0 Å². The summed E-state index contributed by atoms with van der Waals surface area (Å²) in [5.41, 5.74) is -0.158. The fourth-order valence-corrected chi connectivity index (χ4v) is 2.26. The second-order valence-electron chi connectivity index (χ2n) is 4.66. The van der Waals surface area contributed by atoms with E-state index in [4.69, 9.17) is 4.74 Å². The number of methoxy groups -OCH3 is 1. The normalized spacial score (nSPS) is 28.2. The maximum absolute atomic E-state index is 9.97. The molecule has 0 bridgehead atoms. The van der Waals surface area contributed by atoms with Crippen molar-refractivity contribution in [2.45, 2.75) is 56.7 Å². The second kappa shape index (κ2) is 3.58. The molecule has 0 aromatic rings. The lowest BCUT2D eigenvalue weighted by Crippen LogP contribution is -2.49. The first-order valence-corrected chi connectivity index (χ1v) is 5.50. The highest BCUT2D eigenvalue weighted by Gasteiger charge is 2.43. The molecule has 2 aliphatic carbocycles. The first-order valence-electron chi connectivity index (χ1n) is 5.50. The van der Waals surface area contributed by atoms with Crippen molar-refractivity contribution in [2.24, 2.45) is 5.92 Å². The van der Waals surface area contributed by atoms with Gasteiger partial charge in [-0.2, -0.15) is 0 Å². The maximum Gasteiger partial charge on any atom is 0.0936 e. The van der Waals surface area contributed by atoms with Gasteiger partial charge in [0, 0.05) is 7.11 Å². The van der Waals surface area contributed by atoms with Crippen LogP contribution in [0, 0.1) is 5.92 Å². The Hall–Kier alpha value is -0.0800. The van der Waals surface area contributed by atoms with Crippen molar-refractivity contribution in [1.82, 2.24) is 0 Å². The van der Waals surface area contributed by atoms with Crippen molar-refractivity contribution in [2.75, 3.05) is 7.11 Å². The van der Waals surface area contributed by atoms with Gasteiger partial charge < -0.3 is 9.84 Å². The highest BCUT2D eigenvalue weighted by Crippen LogP contribution is 2.41. The third kappa shape index (κ3) is 1.89. The van der Waals surface area contributed by atoms with Crippen LogP contribution < -0.4 is 0 Å². The Balaban J connectivity index is 1.76. The number of hydrogen-bond acceptors (Lipinski definition) is 2. The predicted octanol–water partition coefficient (Wildman–Crippen LogP) is 2.11. The van der Waals surface area contributed by atoms with E-state index in [-0.39, 0.29) is 11.7 Å². The van der Waals surface area contributed by atoms with Crippen LogP contribution in [-0.4, -0.2) is 23.9 Å². The van der Waals surface area contributed by atoms with Crippen LogP contribution in [0.5, 0.6) is 0 Å². The minimum atomic E-state index is -0.216. The largest absolute Gasteiger partial charge is 0.390 e. The van der Waals surface area contributed by atoms with Gasteiger partial charge in [0.25, 0.3) is 0 Å². The first-order chi connectivity index (χ1) is 6.27. The predicted molar refractivity (Wildman–Crippen MR) is 51.6 cm³/mol. The van der Waals surface area contributed by atoms with Gasteiger partial charge in [-0.3, -0.25) is 0 Å². The van der Waals surface area contributed by atoms with Gasteiger partial charge in [-0.05, 0) is 38.0 Å². The van der Waals surface area contributed by atoms with Crippen molar-refractivity contribution in [3.63, 3.8) is 0 Å². The molecule has 0 spiro atoms. The van der Waals surface area contributed by atoms with Gasteiger partial charge in [-0.15, -0.1) is 0 Å². The summed E-state index contributed by atoms with van der Waals surface area (Å²) in [4.78, 5) is 0. The van der Waals surface area contributed by atoms with Gasteiger partial charge in [0.15, 0.2) is 0 Å². The molecule has 76 valence electrons. The molecule has 2 rings (SSSR count). The molecule has 0 amide bonds. The molecular weight excluding hydrogens is 164 g/mol. The number of aliphatic hydroxyl groups excluding tert-OH is 1. The van der Waals surface area contributed by atoms with E-state index in [1.807, 2.05) is 0 Å². The van der Waals surface area contributed by atoms with Gasteiger partial charge in [0.2, 0.25) is 0 Å². The summed E-state index contributed by atoms with van der Waals surface area (Å²) in [5, 5.41) is 9.97. The van der Waals surface area contributed by atoms with Crippen molar-refractivity contribution < 1.29 is 9.84 Å². The molecule has 2 fully saturated rings. The molecule has 1 unspecified atom stereocenters. The molecule has 0 aliphatic heterocycles. The molecule has 1 N–H and O–H groups in total. The highest BCUT2D eigenvalue weighted by atomic mass is 16.5. The summed E-state index contributed by atoms with van der Waals surface area (Å²) < 4.78 is 5.44. The zero-order valence-electron chi connectivity index (χ0n) is 8.46.